The highest BCUT2D eigenvalue weighted by atomic mass is 19.1. The maximum atomic E-state index is 13.8. The molecule has 0 saturated carbocycles. The maximum Gasteiger partial charge on any atom is 0.226 e. The number of aromatic nitrogens is 3. The highest BCUT2D eigenvalue weighted by Gasteiger charge is 2.41. The Hall–Kier alpha value is -4.33. The third-order valence-electron chi connectivity index (χ3n) is 6.22. The molecule has 6 rings (SSSR count). The van der Waals surface area contributed by atoms with Crippen LogP contribution >= 0.6 is 0 Å². The molecule has 0 aliphatic carbocycles. The summed E-state index contributed by atoms with van der Waals surface area (Å²) in [7, 11) is 3.21. The standard InChI is InChI=1S/C26H21FN4O3/c1-32-20-12-9-16(13-21(20)33-2)24-22-23(30-26-28-14-29-31(24)26)18-5-3-4-6-19(18)34-25(22)15-7-10-17(27)11-8-15/h3-14,24-25H,1-2H3,(H,28,29,30). The number of hydrogen-bond donors (Lipinski definition) is 1. The number of hydrogen-bond acceptors (Lipinski definition) is 6. The minimum atomic E-state index is -0.478. The van der Waals surface area contributed by atoms with E-state index in [0.717, 1.165) is 33.7 Å². The average Bonchev–Trinajstić information content (AvgIpc) is 3.35. The fourth-order valence-electron chi connectivity index (χ4n) is 4.67. The van der Waals surface area contributed by atoms with Gasteiger partial charge < -0.3 is 19.5 Å². The van der Waals surface area contributed by atoms with E-state index >= 15 is 0 Å². The summed E-state index contributed by atoms with van der Waals surface area (Å²) in [6, 6.07) is 19.7. The second-order valence-corrected chi connectivity index (χ2v) is 8.05. The van der Waals surface area contributed by atoms with Crippen LogP contribution in [0.15, 0.2) is 78.6 Å². The van der Waals surface area contributed by atoms with Crippen LogP contribution in [0.5, 0.6) is 17.2 Å². The van der Waals surface area contributed by atoms with Gasteiger partial charge in [-0.2, -0.15) is 10.1 Å². The molecule has 3 heterocycles. The Morgan fingerprint density at radius 2 is 1.71 bits per heavy atom. The topological polar surface area (TPSA) is 70.4 Å². The van der Waals surface area contributed by atoms with E-state index in [2.05, 4.69) is 15.4 Å². The molecule has 0 saturated heterocycles. The van der Waals surface area contributed by atoms with Gasteiger partial charge in [0.15, 0.2) is 11.5 Å². The monoisotopic (exact) mass is 456 g/mol. The van der Waals surface area contributed by atoms with Crippen molar-refractivity contribution in [2.24, 2.45) is 0 Å². The van der Waals surface area contributed by atoms with Crippen molar-refractivity contribution in [1.29, 1.82) is 0 Å². The molecular formula is C26H21FN4O3. The first-order valence-electron chi connectivity index (χ1n) is 10.8. The van der Waals surface area contributed by atoms with Gasteiger partial charge in [0.25, 0.3) is 0 Å². The van der Waals surface area contributed by atoms with Crippen molar-refractivity contribution < 1.29 is 18.6 Å². The zero-order chi connectivity index (χ0) is 23.2. The van der Waals surface area contributed by atoms with Gasteiger partial charge in [-0.25, -0.2) is 9.07 Å². The Kier molecular flexibility index (Phi) is 4.72. The van der Waals surface area contributed by atoms with E-state index in [1.54, 1.807) is 26.4 Å². The van der Waals surface area contributed by atoms with E-state index in [1.807, 2.05) is 47.1 Å². The minimum absolute atomic E-state index is 0.300. The van der Waals surface area contributed by atoms with Crippen molar-refractivity contribution in [2.45, 2.75) is 12.1 Å². The van der Waals surface area contributed by atoms with Gasteiger partial charge in [-0.1, -0.05) is 30.3 Å². The number of ether oxygens (including phenoxy) is 3. The predicted molar refractivity (Wildman–Crippen MR) is 124 cm³/mol. The van der Waals surface area contributed by atoms with Crippen LogP contribution in [0.4, 0.5) is 10.3 Å². The first-order valence-corrected chi connectivity index (χ1v) is 10.8. The zero-order valence-electron chi connectivity index (χ0n) is 18.5. The molecule has 0 radical (unpaired) electrons. The number of rotatable bonds is 4. The lowest BCUT2D eigenvalue weighted by atomic mass is 9.84. The predicted octanol–water partition coefficient (Wildman–Crippen LogP) is 4.99. The summed E-state index contributed by atoms with van der Waals surface area (Å²) >= 11 is 0. The molecule has 7 nitrogen and oxygen atoms in total. The molecule has 0 amide bonds. The second kappa shape index (κ2) is 7.91. The summed E-state index contributed by atoms with van der Waals surface area (Å²) in [6.07, 6.45) is 1.04. The minimum Gasteiger partial charge on any atom is -0.493 e. The lowest BCUT2D eigenvalue weighted by Crippen LogP contribution is -2.32. The van der Waals surface area contributed by atoms with E-state index in [9.17, 15) is 4.39 Å². The molecule has 4 aromatic rings. The fourth-order valence-corrected chi connectivity index (χ4v) is 4.67. The maximum absolute atomic E-state index is 13.8. The number of halogens is 1. The van der Waals surface area contributed by atoms with Gasteiger partial charge in [-0.15, -0.1) is 0 Å². The Labute approximate surface area is 195 Å². The van der Waals surface area contributed by atoms with Crippen molar-refractivity contribution in [3.8, 4) is 17.2 Å². The highest BCUT2D eigenvalue weighted by molar-refractivity contribution is 5.85. The van der Waals surface area contributed by atoms with Crippen LogP contribution in [0.1, 0.15) is 28.8 Å². The smallest absolute Gasteiger partial charge is 0.226 e. The Bertz CT molecular complexity index is 1410. The number of para-hydroxylation sites is 1. The van der Waals surface area contributed by atoms with Crippen molar-refractivity contribution in [1.82, 2.24) is 14.8 Å². The summed E-state index contributed by atoms with van der Waals surface area (Å²) in [5, 5.41) is 7.98. The van der Waals surface area contributed by atoms with E-state index in [1.165, 1.54) is 18.5 Å². The molecule has 1 aromatic heterocycles. The van der Waals surface area contributed by atoms with Crippen LogP contribution in [0.3, 0.4) is 0 Å². The number of anilines is 1. The van der Waals surface area contributed by atoms with Gasteiger partial charge in [0.2, 0.25) is 5.95 Å². The van der Waals surface area contributed by atoms with Gasteiger partial charge in [0.1, 0.15) is 30.0 Å². The van der Waals surface area contributed by atoms with Crippen LogP contribution in [-0.4, -0.2) is 29.0 Å². The first-order chi connectivity index (χ1) is 16.7. The number of nitrogens with one attached hydrogen (secondary N) is 1. The molecule has 2 aliphatic rings. The molecule has 0 bridgehead atoms. The summed E-state index contributed by atoms with van der Waals surface area (Å²) < 4.78 is 33.1. The molecular weight excluding hydrogens is 435 g/mol. The van der Waals surface area contributed by atoms with Crippen molar-refractivity contribution >= 4 is 11.6 Å². The largest absolute Gasteiger partial charge is 0.493 e. The molecule has 2 unspecified atom stereocenters. The van der Waals surface area contributed by atoms with Crippen molar-refractivity contribution in [2.75, 3.05) is 19.5 Å². The Morgan fingerprint density at radius 3 is 2.50 bits per heavy atom. The number of nitrogens with zero attached hydrogens (tertiary/aromatic N) is 3. The molecule has 1 N–H and O–H groups in total. The molecule has 8 heteroatoms. The summed E-state index contributed by atoms with van der Waals surface area (Å²) in [4.78, 5) is 4.44. The fraction of sp³-hybridized carbons (Fsp3) is 0.154. The van der Waals surface area contributed by atoms with Crippen LogP contribution in [0.2, 0.25) is 0 Å². The van der Waals surface area contributed by atoms with Gasteiger partial charge in [0.05, 0.1) is 19.9 Å². The third kappa shape index (κ3) is 3.10. The van der Waals surface area contributed by atoms with Gasteiger partial charge >= 0.3 is 0 Å². The van der Waals surface area contributed by atoms with E-state index in [4.69, 9.17) is 14.2 Å². The average molecular weight is 456 g/mol. The molecule has 170 valence electrons. The van der Waals surface area contributed by atoms with E-state index in [-0.39, 0.29) is 11.9 Å². The molecule has 2 aliphatic heterocycles. The lowest BCUT2D eigenvalue weighted by molar-refractivity contribution is 0.223. The number of benzene rings is 3. The zero-order valence-corrected chi connectivity index (χ0v) is 18.5. The Balaban J connectivity index is 1.61. The lowest BCUT2D eigenvalue weighted by Gasteiger charge is -2.39. The van der Waals surface area contributed by atoms with E-state index < -0.39 is 6.10 Å². The van der Waals surface area contributed by atoms with Crippen LogP contribution in [-0.2, 0) is 0 Å². The first kappa shape index (κ1) is 20.3. The molecule has 0 spiro atoms. The van der Waals surface area contributed by atoms with Gasteiger partial charge in [-0.3, -0.25) is 0 Å². The molecule has 3 aromatic carbocycles. The van der Waals surface area contributed by atoms with Crippen molar-refractivity contribution in [3.63, 3.8) is 0 Å². The highest BCUT2D eigenvalue weighted by Crippen LogP contribution is 2.51. The Morgan fingerprint density at radius 1 is 0.941 bits per heavy atom. The van der Waals surface area contributed by atoms with Crippen LogP contribution in [0.25, 0.3) is 5.70 Å². The quantitative estimate of drug-likeness (QED) is 0.466. The summed E-state index contributed by atoms with van der Waals surface area (Å²) in [6.45, 7) is 0. The molecule has 34 heavy (non-hydrogen) atoms. The third-order valence-corrected chi connectivity index (χ3v) is 6.22. The normalized spacial score (nSPS) is 18.2. The van der Waals surface area contributed by atoms with E-state index in [0.29, 0.717) is 17.4 Å². The van der Waals surface area contributed by atoms with Crippen LogP contribution < -0.4 is 19.5 Å². The summed E-state index contributed by atoms with van der Waals surface area (Å²) in [5.74, 6) is 2.30. The number of fused-ring (bicyclic) bond motifs is 3. The van der Waals surface area contributed by atoms with Crippen LogP contribution in [0, 0.1) is 5.82 Å². The number of methoxy groups -OCH3 is 2. The SMILES string of the molecule is COc1ccc(C2C3=C(Nc4ncnn42)c2ccccc2OC3c2ccc(F)cc2)cc1OC. The van der Waals surface area contributed by atoms with Gasteiger partial charge in [0, 0.05) is 11.1 Å². The van der Waals surface area contributed by atoms with Gasteiger partial charge in [-0.05, 0) is 47.5 Å². The molecule has 2 atom stereocenters. The summed E-state index contributed by atoms with van der Waals surface area (Å²) in [5.41, 5.74) is 4.52. The second-order valence-electron chi connectivity index (χ2n) is 8.05. The molecule has 0 fully saturated rings. The van der Waals surface area contributed by atoms with Crippen molar-refractivity contribution in [3.05, 3.63) is 101 Å².